The Morgan fingerprint density at radius 3 is 2.60 bits per heavy atom. The molecule has 1 atom stereocenters. The topological polar surface area (TPSA) is 112 Å². The predicted molar refractivity (Wildman–Crippen MR) is 70.3 cm³/mol. The molecule has 0 aliphatic heterocycles. The molecule has 8 heteroatoms. The van der Waals surface area contributed by atoms with Crippen LogP contribution in [0.3, 0.4) is 0 Å². The molecule has 0 fully saturated rings. The quantitative estimate of drug-likeness (QED) is 0.733. The molecule has 1 aromatic carbocycles. The molecule has 20 heavy (non-hydrogen) atoms. The van der Waals surface area contributed by atoms with E-state index in [0.29, 0.717) is 5.56 Å². The molecule has 106 valence electrons. The van der Waals surface area contributed by atoms with Crippen molar-refractivity contribution in [3.63, 3.8) is 0 Å². The summed E-state index contributed by atoms with van der Waals surface area (Å²) < 4.78 is 26.6. The van der Waals surface area contributed by atoms with Crippen LogP contribution in [0.15, 0.2) is 47.6 Å². The van der Waals surface area contributed by atoms with Crippen molar-refractivity contribution in [3.05, 3.63) is 48.3 Å². The van der Waals surface area contributed by atoms with Crippen LogP contribution in [-0.4, -0.2) is 29.7 Å². The fourth-order valence-electron chi connectivity index (χ4n) is 1.73. The van der Waals surface area contributed by atoms with E-state index in [-0.39, 0.29) is 11.3 Å². The minimum atomic E-state index is -3.82. The first kappa shape index (κ1) is 14.2. The molecule has 0 bridgehead atoms. The highest BCUT2D eigenvalue weighted by Gasteiger charge is 2.24. The summed E-state index contributed by atoms with van der Waals surface area (Å²) in [5.74, 6) is -1.09. The zero-order valence-corrected chi connectivity index (χ0v) is 11.2. The van der Waals surface area contributed by atoms with Gasteiger partial charge in [0.2, 0.25) is 10.0 Å². The van der Waals surface area contributed by atoms with E-state index in [1.54, 1.807) is 30.3 Å². The molecule has 7 nitrogen and oxygen atoms in total. The Morgan fingerprint density at radius 2 is 2.05 bits per heavy atom. The Balaban J connectivity index is 2.27. The van der Waals surface area contributed by atoms with E-state index in [4.69, 9.17) is 5.11 Å². The second-order valence-corrected chi connectivity index (χ2v) is 5.83. The van der Waals surface area contributed by atoms with Crippen molar-refractivity contribution in [1.29, 1.82) is 0 Å². The lowest BCUT2D eigenvalue weighted by Gasteiger charge is -2.16. The first-order valence-corrected chi connectivity index (χ1v) is 7.25. The maximum Gasteiger partial charge on any atom is 0.305 e. The van der Waals surface area contributed by atoms with Crippen LogP contribution in [0.25, 0.3) is 0 Å². The molecule has 0 saturated carbocycles. The summed E-state index contributed by atoms with van der Waals surface area (Å²) in [6, 6.07) is 7.71. The van der Waals surface area contributed by atoms with E-state index in [9.17, 15) is 13.2 Å². The van der Waals surface area contributed by atoms with Gasteiger partial charge in [-0.25, -0.2) is 13.1 Å². The van der Waals surface area contributed by atoms with Gasteiger partial charge in [0, 0.05) is 6.20 Å². The molecule has 3 N–H and O–H groups in total. The number of aromatic amines is 1. The number of H-pyrrole nitrogens is 1. The standard InChI is InChI=1S/C12H13N3O4S/c16-12(17)6-11(9-4-2-1-3-5-9)15-20(18,19)10-7-13-14-8-10/h1-5,7-8,11,15H,6H2,(H,13,14)(H,16,17). The van der Waals surface area contributed by atoms with E-state index in [2.05, 4.69) is 14.9 Å². The molecular weight excluding hydrogens is 282 g/mol. The van der Waals surface area contributed by atoms with Gasteiger partial charge in [-0.05, 0) is 5.56 Å². The molecular formula is C12H13N3O4S. The molecule has 0 aliphatic rings. The van der Waals surface area contributed by atoms with Gasteiger partial charge in [0.1, 0.15) is 4.90 Å². The van der Waals surface area contributed by atoms with E-state index in [1.807, 2.05) is 0 Å². The number of carboxylic acid groups (broad SMARTS) is 1. The van der Waals surface area contributed by atoms with Crippen LogP contribution < -0.4 is 4.72 Å². The van der Waals surface area contributed by atoms with Gasteiger partial charge in [-0.3, -0.25) is 9.89 Å². The third-order valence-corrected chi connectivity index (χ3v) is 4.10. The molecule has 1 unspecified atom stereocenters. The molecule has 0 saturated heterocycles. The number of rotatable bonds is 6. The Kier molecular flexibility index (Phi) is 4.16. The number of aliphatic carboxylic acids is 1. The molecule has 0 aliphatic carbocycles. The number of aromatic nitrogens is 2. The number of hydrogen-bond acceptors (Lipinski definition) is 4. The van der Waals surface area contributed by atoms with Gasteiger partial charge >= 0.3 is 5.97 Å². The van der Waals surface area contributed by atoms with E-state index < -0.39 is 22.0 Å². The van der Waals surface area contributed by atoms with Crippen molar-refractivity contribution >= 4 is 16.0 Å². The zero-order valence-electron chi connectivity index (χ0n) is 10.4. The van der Waals surface area contributed by atoms with Crippen molar-refractivity contribution in [1.82, 2.24) is 14.9 Å². The average Bonchev–Trinajstić information content (AvgIpc) is 2.93. The summed E-state index contributed by atoms with van der Waals surface area (Å²) in [5, 5.41) is 14.9. The largest absolute Gasteiger partial charge is 0.481 e. The first-order chi connectivity index (χ1) is 9.49. The molecule has 2 rings (SSSR count). The minimum absolute atomic E-state index is 0.0381. The lowest BCUT2D eigenvalue weighted by molar-refractivity contribution is -0.137. The van der Waals surface area contributed by atoms with Crippen molar-refractivity contribution in [3.8, 4) is 0 Å². The molecule has 0 radical (unpaired) electrons. The summed E-state index contributed by atoms with van der Waals surface area (Å²) in [7, 11) is -3.82. The maximum atomic E-state index is 12.1. The Labute approximate surface area is 115 Å². The van der Waals surface area contributed by atoms with Gasteiger partial charge in [-0.15, -0.1) is 0 Å². The summed E-state index contributed by atoms with van der Waals surface area (Å²) in [6.45, 7) is 0. The van der Waals surface area contributed by atoms with Gasteiger partial charge in [0.25, 0.3) is 0 Å². The van der Waals surface area contributed by atoms with Crippen LogP contribution >= 0.6 is 0 Å². The number of carboxylic acids is 1. The Morgan fingerprint density at radius 1 is 1.35 bits per heavy atom. The lowest BCUT2D eigenvalue weighted by atomic mass is 10.1. The highest BCUT2D eigenvalue weighted by atomic mass is 32.2. The highest BCUT2D eigenvalue weighted by molar-refractivity contribution is 7.89. The van der Waals surface area contributed by atoms with Crippen LogP contribution in [0.5, 0.6) is 0 Å². The van der Waals surface area contributed by atoms with Gasteiger partial charge in [-0.1, -0.05) is 30.3 Å². The van der Waals surface area contributed by atoms with Crippen molar-refractivity contribution in [2.24, 2.45) is 0 Å². The molecule has 0 spiro atoms. The fraction of sp³-hybridized carbons (Fsp3) is 0.167. The number of carbonyl (C=O) groups is 1. The van der Waals surface area contributed by atoms with Gasteiger partial charge in [0.05, 0.1) is 18.7 Å². The van der Waals surface area contributed by atoms with E-state index in [0.717, 1.165) is 6.20 Å². The van der Waals surface area contributed by atoms with Gasteiger partial charge in [-0.2, -0.15) is 5.10 Å². The fourth-order valence-corrected chi connectivity index (χ4v) is 2.86. The maximum absolute atomic E-state index is 12.1. The smallest absolute Gasteiger partial charge is 0.305 e. The molecule has 1 aromatic heterocycles. The zero-order chi connectivity index (χ0) is 14.6. The van der Waals surface area contributed by atoms with E-state index in [1.165, 1.54) is 6.20 Å². The highest BCUT2D eigenvalue weighted by Crippen LogP contribution is 2.19. The lowest BCUT2D eigenvalue weighted by Crippen LogP contribution is -2.30. The predicted octanol–water partition coefficient (Wildman–Crippen LogP) is 0.904. The third-order valence-electron chi connectivity index (χ3n) is 2.66. The first-order valence-electron chi connectivity index (χ1n) is 5.77. The molecule has 0 amide bonds. The molecule has 1 heterocycles. The number of hydrogen-bond donors (Lipinski definition) is 3. The summed E-state index contributed by atoms with van der Waals surface area (Å²) in [6.07, 6.45) is 2.04. The second-order valence-electron chi connectivity index (χ2n) is 4.12. The van der Waals surface area contributed by atoms with Crippen molar-refractivity contribution in [2.45, 2.75) is 17.4 Å². The van der Waals surface area contributed by atoms with Crippen molar-refractivity contribution < 1.29 is 18.3 Å². The summed E-state index contributed by atoms with van der Waals surface area (Å²) in [5.41, 5.74) is 0.585. The number of benzene rings is 1. The minimum Gasteiger partial charge on any atom is -0.481 e. The van der Waals surface area contributed by atoms with E-state index >= 15 is 0 Å². The monoisotopic (exact) mass is 295 g/mol. The Hall–Kier alpha value is -2.19. The summed E-state index contributed by atoms with van der Waals surface area (Å²) in [4.78, 5) is 10.9. The van der Waals surface area contributed by atoms with Crippen LogP contribution in [0.2, 0.25) is 0 Å². The van der Waals surface area contributed by atoms with Crippen LogP contribution in [0.4, 0.5) is 0 Å². The Bertz CT molecular complexity index is 668. The number of nitrogens with one attached hydrogen (secondary N) is 2. The SMILES string of the molecule is O=C(O)CC(NS(=O)(=O)c1cn[nH]c1)c1ccccc1. The van der Waals surface area contributed by atoms with Crippen molar-refractivity contribution in [2.75, 3.05) is 0 Å². The molecule has 2 aromatic rings. The van der Waals surface area contributed by atoms with Gasteiger partial charge in [0.15, 0.2) is 0 Å². The van der Waals surface area contributed by atoms with Crippen LogP contribution in [-0.2, 0) is 14.8 Å². The van der Waals surface area contributed by atoms with Crippen LogP contribution in [0.1, 0.15) is 18.0 Å². The average molecular weight is 295 g/mol. The number of nitrogens with zero attached hydrogens (tertiary/aromatic N) is 1. The summed E-state index contributed by atoms with van der Waals surface area (Å²) >= 11 is 0. The number of sulfonamides is 1. The second kappa shape index (κ2) is 5.85. The normalized spacial score (nSPS) is 13.0. The van der Waals surface area contributed by atoms with Gasteiger partial charge < -0.3 is 5.11 Å². The third kappa shape index (κ3) is 3.43. The van der Waals surface area contributed by atoms with Crippen LogP contribution in [0, 0.1) is 0 Å².